The average Bonchev–Trinajstić information content (AvgIpc) is 3.33. The maximum Gasteiger partial charge on any atom is 0.306 e. The SMILES string of the molecule is CC(OC(=O)CCC(=Cc1ccco1)c1nc2ccccc2s1)C(=O)N(C)C. The lowest BCUT2D eigenvalue weighted by atomic mass is 10.1. The predicted molar refractivity (Wildman–Crippen MR) is 110 cm³/mol. The lowest BCUT2D eigenvalue weighted by Crippen LogP contribution is -2.34. The Morgan fingerprint density at radius 1 is 1.21 bits per heavy atom. The van der Waals surface area contributed by atoms with Crippen molar-refractivity contribution in [2.75, 3.05) is 14.1 Å². The van der Waals surface area contributed by atoms with Crippen molar-refractivity contribution < 1.29 is 18.7 Å². The number of nitrogens with zero attached hydrogens (tertiary/aromatic N) is 2. The maximum atomic E-state index is 12.2. The molecule has 0 aliphatic heterocycles. The number of carbonyl (C=O) groups is 2. The molecule has 6 nitrogen and oxygen atoms in total. The summed E-state index contributed by atoms with van der Waals surface area (Å²) < 4.78 is 11.8. The fourth-order valence-corrected chi connectivity index (χ4v) is 3.71. The fourth-order valence-electron chi connectivity index (χ4n) is 2.70. The van der Waals surface area contributed by atoms with E-state index in [1.165, 1.54) is 4.90 Å². The van der Waals surface area contributed by atoms with Gasteiger partial charge in [0, 0.05) is 20.5 Å². The lowest BCUT2D eigenvalue weighted by molar-refractivity contribution is -0.157. The highest BCUT2D eigenvalue weighted by atomic mass is 32.1. The lowest BCUT2D eigenvalue weighted by Gasteiger charge is -2.17. The first-order chi connectivity index (χ1) is 13.4. The van der Waals surface area contributed by atoms with E-state index in [1.807, 2.05) is 42.5 Å². The summed E-state index contributed by atoms with van der Waals surface area (Å²) in [7, 11) is 3.26. The first kappa shape index (κ1) is 19.8. The van der Waals surface area contributed by atoms with Gasteiger partial charge in [-0.1, -0.05) is 12.1 Å². The minimum atomic E-state index is -0.803. The average molecular weight is 398 g/mol. The summed E-state index contributed by atoms with van der Waals surface area (Å²) in [6.07, 6.45) is 3.27. The minimum Gasteiger partial charge on any atom is -0.465 e. The molecular weight excluding hydrogens is 376 g/mol. The van der Waals surface area contributed by atoms with Crippen molar-refractivity contribution >= 4 is 45.1 Å². The van der Waals surface area contributed by atoms with Gasteiger partial charge in [-0.05, 0) is 49.3 Å². The van der Waals surface area contributed by atoms with Gasteiger partial charge in [0.2, 0.25) is 0 Å². The molecule has 1 amide bonds. The molecule has 0 aliphatic carbocycles. The van der Waals surface area contributed by atoms with Crippen molar-refractivity contribution in [1.29, 1.82) is 0 Å². The van der Waals surface area contributed by atoms with E-state index in [0.29, 0.717) is 12.2 Å². The van der Waals surface area contributed by atoms with Gasteiger partial charge in [0.1, 0.15) is 10.8 Å². The Hall–Kier alpha value is -2.93. The third-order valence-corrected chi connectivity index (χ3v) is 5.24. The zero-order valence-electron chi connectivity index (χ0n) is 16.0. The zero-order valence-corrected chi connectivity index (χ0v) is 16.9. The van der Waals surface area contributed by atoms with Gasteiger partial charge >= 0.3 is 5.97 Å². The van der Waals surface area contributed by atoms with Gasteiger partial charge < -0.3 is 14.1 Å². The number of ether oxygens (including phenoxy) is 1. The van der Waals surface area contributed by atoms with Crippen LogP contribution in [0.15, 0.2) is 47.1 Å². The molecule has 1 aromatic carbocycles. The number of hydrogen-bond donors (Lipinski definition) is 0. The zero-order chi connectivity index (χ0) is 20.1. The van der Waals surface area contributed by atoms with Crippen molar-refractivity contribution in [2.24, 2.45) is 0 Å². The number of carbonyl (C=O) groups excluding carboxylic acids is 2. The normalized spacial score (nSPS) is 12.8. The van der Waals surface area contributed by atoms with Crippen LogP contribution in [0.3, 0.4) is 0 Å². The first-order valence-corrected chi connectivity index (χ1v) is 9.76. The van der Waals surface area contributed by atoms with E-state index in [9.17, 15) is 9.59 Å². The van der Waals surface area contributed by atoms with Crippen LogP contribution in [0.1, 0.15) is 30.5 Å². The number of aromatic nitrogens is 1. The molecule has 2 aromatic heterocycles. The highest BCUT2D eigenvalue weighted by Gasteiger charge is 2.20. The fraction of sp³-hybridized carbons (Fsp3) is 0.286. The molecule has 0 fully saturated rings. The second kappa shape index (κ2) is 8.84. The number of amides is 1. The van der Waals surface area contributed by atoms with Crippen LogP contribution >= 0.6 is 11.3 Å². The van der Waals surface area contributed by atoms with Crippen LogP contribution < -0.4 is 0 Å². The second-order valence-corrected chi connectivity index (χ2v) is 7.57. The largest absolute Gasteiger partial charge is 0.465 e. The van der Waals surface area contributed by atoms with E-state index in [1.54, 1.807) is 38.6 Å². The summed E-state index contributed by atoms with van der Waals surface area (Å²) in [6, 6.07) is 11.6. The molecule has 1 atom stereocenters. The smallest absolute Gasteiger partial charge is 0.306 e. The number of hydrogen-bond acceptors (Lipinski definition) is 6. The van der Waals surface area contributed by atoms with Crippen molar-refractivity contribution in [2.45, 2.75) is 25.9 Å². The summed E-state index contributed by atoms with van der Waals surface area (Å²) in [4.78, 5) is 30.2. The Bertz CT molecular complexity index is 956. The van der Waals surface area contributed by atoms with E-state index in [-0.39, 0.29) is 12.3 Å². The number of para-hydroxylation sites is 1. The van der Waals surface area contributed by atoms with E-state index < -0.39 is 12.1 Å². The van der Waals surface area contributed by atoms with Crippen LogP contribution in [0.4, 0.5) is 0 Å². The highest BCUT2D eigenvalue weighted by Crippen LogP contribution is 2.31. The minimum absolute atomic E-state index is 0.146. The summed E-state index contributed by atoms with van der Waals surface area (Å²) >= 11 is 1.57. The van der Waals surface area contributed by atoms with Gasteiger partial charge in [-0.3, -0.25) is 9.59 Å². The summed E-state index contributed by atoms with van der Waals surface area (Å²) in [6.45, 7) is 1.58. The van der Waals surface area contributed by atoms with E-state index in [4.69, 9.17) is 9.15 Å². The van der Waals surface area contributed by atoms with Crippen molar-refractivity contribution in [3.05, 3.63) is 53.4 Å². The number of furan rings is 1. The second-order valence-electron chi connectivity index (χ2n) is 6.54. The van der Waals surface area contributed by atoms with Crippen molar-refractivity contribution in [3.8, 4) is 0 Å². The third-order valence-electron chi connectivity index (χ3n) is 4.12. The van der Waals surface area contributed by atoms with E-state index in [0.717, 1.165) is 20.8 Å². The molecule has 28 heavy (non-hydrogen) atoms. The molecule has 0 radical (unpaired) electrons. The molecule has 0 N–H and O–H groups in total. The topological polar surface area (TPSA) is 72.6 Å². The van der Waals surface area contributed by atoms with Gasteiger partial charge in [-0.2, -0.15) is 0 Å². The number of likely N-dealkylation sites (N-methyl/N-ethyl adjacent to an activating group) is 1. The monoisotopic (exact) mass is 398 g/mol. The predicted octanol–water partition coefficient (Wildman–Crippen LogP) is 4.23. The summed E-state index contributed by atoms with van der Waals surface area (Å²) in [5, 5.41) is 0.836. The Morgan fingerprint density at radius 2 is 2.00 bits per heavy atom. The number of allylic oxidation sites excluding steroid dienone is 1. The number of fused-ring (bicyclic) bond motifs is 1. The van der Waals surface area contributed by atoms with Crippen LogP contribution in [0.25, 0.3) is 21.9 Å². The van der Waals surface area contributed by atoms with Crippen LogP contribution in [-0.4, -0.2) is 42.0 Å². The molecule has 1 unspecified atom stereocenters. The Kier molecular flexibility index (Phi) is 6.26. The molecule has 0 spiro atoms. The molecule has 146 valence electrons. The Labute approximate surface area is 167 Å². The van der Waals surface area contributed by atoms with Crippen LogP contribution in [0, 0.1) is 0 Å². The highest BCUT2D eigenvalue weighted by molar-refractivity contribution is 7.19. The molecule has 3 rings (SSSR count). The molecule has 7 heteroatoms. The molecule has 0 bridgehead atoms. The molecule has 0 aliphatic rings. The quantitative estimate of drug-likeness (QED) is 0.557. The van der Waals surface area contributed by atoms with Gasteiger partial charge in [-0.25, -0.2) is 4.98 Å². The van der Waals surface area contributed by atoms with Gasteiger partial charge in [0.05, 0.1) is 16.5 Å². The van der Waals surface area contributed by atoms with E-state index >= 15 is 0 Å². The summed E-state index contributed by atoms with van der Waals surface area (Å²) in [5.41, 5.74) is 1.81. The number of rotatable bonds is 7. The number of benzene rings is 1. The molecule has 3 aromatic rings. The standard InChI is InChI=1S/C21H22N2O4S/c1-14(21(25)23(2)3)27-19(24)11-10-15(13-16-7-6-12-26-16)20-22-17-8-4-5-9-18(17)28-20/h4-9,12-14H,10-11H2,1-3H3. The molecular formula is C21H22N2O4S. The first-order valence-electron chi connectivity index (χ1n) is 8.94. The third kappa shape index (κ3) is 4.86. The number of thiazole rings is 1. The summed E-state index contributed by atoms with van der Waals surface area (Å²) in [5.74, 6) is 0.0267. The van der Waals surface area contributed by atoms with Crippen molar-refractivity contribution in [1.82, 2.24) is 9.88 Å². The van der Waals surface area contributed by atoms with Gasteiger partial charge in [0.15, 0.2) is 6.10 Å². The molecule has 0 saturated carbocycles. The van der Waals surface area contributed by atoms with E-state index in [2.05, 4.69) is 4.98 Å². The van der Waals surface area contributed by atoms with Crippen LogP contribution in [-0.2, 0) is 14.3 Å². The van der Waals surface area contributed by atoms with Crippen LogP contribution in [0.2, 0.25) is 0 Å². The molecule has 2 heterocycles. The van der Waals surface area contributed by atoms with Gasteiger partial charge in [0.25, 0.3) is 5.91 Å². The van der Waals surface area contributed by atoms with Crippen molar-refractivity contribution in [3.63, 3.8) is 0 Å². The number of esters is 1. The Balaban J connectivity index is 1.75. The Morgan fingerprint density at radius 3 is 2.68 bits per heavy atom. The molecule has 0 saturated heterocycles. The van der Waals surface area contributed by atoms with Gasteiger partial charge in [-0.15, -0.1) is 11.3 Å². The van der Waals surface area contributed by atoms with Crippen LogP contribution in [0.5, 0.6) is 0 Å². The maximum absolute atomic E-state index is 12.2.